The molecule has 2 amide bonds. The highest BCUT2D eigenvalue weighted by atomic mass is 32.1. The molecule has 8 heteroatoms. The number of carbonyl (C=O) groups excluding carboxylic acids is 3. The van der Waals surface area contributed by atoms with Gasteiger partial charge in [0.2, 0.25) is 0 Å². The Morgan fingerprint density at radius 3 is 2.00 bits per heavy atom. The second-order valence-corrected chi connectivity index (χ2v) is 4.09. The van der Waals surface area contributed by atoms with Crippen LogP contribution in [0.3, 0.4) is 0 Å². The van der Waals surface area contributed by atoms with Crippen molar-refractivity contribution in [3.63, 3.8) is 0 Å². The van der Waals surface area contributed by atoms with Crippen LogP contribution in [0.5, 0.6) is 0 Å². The second-order valence-electron chi connectivity index (χ2n) is 3.24. The summed E-state index contributed by atoms with van der Waals surface area (Å²) in [6, 6.07) is 0. The highest BCUT2D eigenvalue weighted by molar-refractivity contribution is 7.96. The van der Waals surface area contributed by atoms with E-state index >= 15 is 0 Å². The lowest BCUT2D eigenvalue weighted by molar-refractivity contribution is -0.128. The van der Waals surface area contributed by atoms with Gasteiger partial charge in [-0.05, 0) is 12.8 Å². The van der Waals surface area contributed by atoms with Gasteiger partial charge < -0.3 is 15.8 Å². The summed E-state index contributed by atoms with van der Waals surface area (Å²) in [5.74, 6) is 0. The monoisotopic (exact) mass is 312 g/mol. The first kappa shape index (κ1) is 23.2. The van der Waals surface area contributed by atoms with Crippen LogP contribution in [0.4, 0.5) is 9.59 Å². The van der Waals surface area contributed by atoms with Crippen LogP contribution in [0.1, 0.15) is 39.5 Å². The quantitative estimate of drug-likeness (QED) is 0.329. The fourth-order valence-corrected chi connectivity index (χ4v) is 0.760. The van der Waals surface area contributed by atoms with E-state index in [2.05, 4.69) is 48.0 Å². The van der Waals surface area contributed by atoms with Crippen molar-refractivity contribution in [1.29, 1.82) is 0 Å². The van der Waals surface area contributed by atoms with Gasteiger partial charge >= 0.3 is 0 Å². The minimum atomic E-state index is -0.639. The Morgan fingerprint density at radius 2 is 1.68 bits per heavy atom. The van der Waals surface area contributed by atoms with E-state index in [1.54, 1.807) is 0 Å². The van der Waals surface area contributed by atoms with Gasteiger partial charge in [-0.1, -0.05) is 51.9 Å². The van der Waals surface area contributed by atoms with Gasteiger partial charge in [0.25, 0.3) is 17.0 Å². The summed E-state index contributed by atoms with van der Waals surface area (Å²) >= 11 is 6.63. The number of carbonyl (C=O) groups is 3. The molecule has 0 saturated carbocycles. The maximum Gasteiger partial charge on any atom is 0.293 e. The number of primary amides is 1. The van der Waals surface area contributed by atoms with Crippen molar-refractivity contribution >= 4 is 42.2 Å². The minimum absolute atomic E-state index is 0.238. The third-order valence-electron chi connectivity index (χ3n) is 1.49. The normalized spacial score (nSPS) is 8.00. The largest absolute Gasteiger partial charge is 0.468 e. The highest BCUT2D eigenvalue weighted by Gasteiger charge is 1.86. The highest BCUT2D eigenvalue weighted by Crippen LogP contribution is 1.84. The van der Waals surface area contributed by atoms with Crippen molar-refractivity contribution < 1.29 is 19.1 Å². The summed E-state index contributed by atoms with van der Waals surface area (Å²) < 4.78 is 4.39. The van der Waals surface area contributed by atoms with E-state index in [0.717, 1.165) is 32.2 Å². The summed E-state index contributed by atoms with van der Waals surface area (Å²) in [4.78, 5) is 28.6. The van der Waals surface area contributed by atoms with Gasteiger partial charge in [-0.2, -0.15) is 0 Å². The Balaban J connectivity index is -0.000000214. The fourth-order valence-electron chi connectivity index (χ4n) is 0.648. The number of unbranched alkanes of at least 4 members (excludes halogenated alkanes) is 2. The van der Waals surface area contributed by atoms with Gasteiger partial charge in [-0.3, -0.25) is 14.4 Å². The summed E-state index contributed by atoms with van der Waals surface area (Å²) in [6.07, 6.45) is 4.19. The van der Waals surface area contributed by atoms with Crippen LogP contribution in [0, 0.1) is 0 Å². The number of ether oxygens (including phenoxy) is 1. The van der Waals surface area contributed by atoms with Gasteiger partial charge in [-0.15, -0.1) is 0 Å². The Hall–Kier alpha value is -0.890. The first-order valence-electron chi connectivity index (χ1n) is 5.92. The lowest BCUT2D eigenvalue weighted by atomic mass is 10.3. The average molecular weight is 312 g/mol. The van der Waals surface area contributed by atoms with Crippen molar-refractivity contribution in [2.45, 2.75) is 39.5 Å². The van der Waals surface area contributed by atoms with E-state index < -0.39 is 5.24 Å². The van der Waals surface area contributed by atoms with Crippen LogP contribution in [0.25, 0.3) is 0 Å². The van der Waals surface area contributed by atoms with E-state index in [0.29, 0.717) is 13.1 Å². The van der Waals surface area contributed by atoms with E-state index in [9.17, 15) is 9.59 Å². The molecular weight excluding hydrogens is 288 g/mol. The molecule has 0 atom stereocenters. The molecule has 114 valence electrons. The predicted molar refractivity (Wildman–Crippen MR) is 82.8 cm³/mol. The molecule has 0 spiro atoms. The molecule has 0 fully saturated rings. The van der Waals surface area contributed by atoms with Gasteiger partial charge in [0.1, 0.15) is 0 Å². The maximum absolute atomic E-state index is 10.1. The third-order valence-corrected chi connectivity index (χ3v) is 1.65. The van der Waals surface area contributed by atoms with E-state index in [1.807, 2.05) is 6.92 Å². The van der Waals surface area contributed by atoms with Crippen LogP contribution >= 0.6 is 25.3 Å². The summed E-state index contributed by atoms with van der Waals surface area (Å²) in [7, 11) is 0. The van der Waals surface area contributed by atoms with Gasteiger partial charge in [0.15, 0.2) is 0 Å². The average Bonchev–Trinajstić information content (AvgIpc) is 2.30. The standard InChI is InChI=1S/C5H11NOS.C5H10O2.CH3NOS/c1-2-3-4-6-5(7)8;1-2-3-4-7-5-6;2-1(3)4/h2-4H2,1H3,(H2,6,7,8);5H,2-4H2,1H3;(H3,2,3,4). The SMILES string of the molecule is CCCCNC(=O)S.CCCCOC=O.NC(=O)S. The van der Waals surface area contributed by atoms with Crippen LogP contribution in [0.15, 0.2) is 0 Å². The number of thiol groups is 2. The summed E-state index contributed by atoms with van der Waals surface area (Å²) in [5.41, 5.74) is 4.34. The van der Waals surface area contributed by atoms with Crippen LogP contribution < -0.4 is 11.1 Å². The summed E-state index contributed by atoms with van der Waals surface area (Å²) in [6.45, 7) is 5.92. The van der Waals surface area contributed by atoms with Gasteiger partial charge in [-0.25, -0.2) is 0 Å². The van der Waals surface area contributed by atoms with E-state index in [4.69, 9.17) is 4.79 Å². The van der Waals surface area contributed by atoms with E-state index in [-0.39, 0.29) is 5.24 Å². The van der Waals surface area contributed by atoms with Crippen molar-refractivity contribution in [3.8, 4) is 0 Å². The lowest BCUT2D eigenvalue weighted by Gasteiger charge is -1.95. The molecule has 0 aliphatic carbocycles. The zero-order valence-electron chi connectivity index (χ0n) is 11.4. The van der Waals surface area contributed by atoms with Gasteiger partial charge in [0, 0.05) is 6.54 Å². The molecule has 0 radical (unpaired) electrons. The maximum atomic E-state index is 10.1. The smallest absolute Gasteiger partial charge is 0.293 e. The lowest BCUT2D eigenvalue weighted by Crippen LogP contribution is -2.17. The Kier molecular flexibility index (Phi) is 27.3. The predicted octanol–water partition coefficient (Wildman–Crippen LogP) is 2.38. The Bertz CT molecular complexity index is 225. The number of hydrogen-bond acceptors (Lipinski definition) is 4. The molecular formula is C11H24N2O4S2. The first-order valence-corrected chi connectivity index (χ1v) is 6.82. The molecule has 0 bridgehead atoms. The zero-order valence-corrected chi connectivity index (χ0v) is 13.2. The Morgan fingerprint density at radius 1 is 1.21 bits per heavy atom. The molecule has 0 aromatic carbocycles. The number of nitrogens with one attached hydrogen (secondary N) is 1. The number of amides is 2. The number of nitrogens with two attached hydrogens (primary N) is 1. The fraction of sp³-hybridized carbons (Fsp3) is 0.727. The van der Waals surface area contributed by atoms with Crippen LogP contribution in [-0.4, -0.2) is 30.1 Å². The molecule has 0 aromatic heterocycles. The molecule has 3 N–H and O–H groups in total. The van der Waals surface area contributed by atoms with Crippen LogP contribution in [0.2, 0.25) is 0 Å². The van der Waals surface area contributed by atoms with Crippen molar-refractivity contribution in [3.05, 3.63) is 0 Å². The Labute approximate surface area is 125 Å². The minimum Gasteiger partial charge on any atom is -0.468 e. The molecule has 0 aliphatic heterocycles. The van der Waals surface area contributed by atoms with Crippen LogP contribution in [-0.2, 0) is 9.53 Å². The van der Waals surface area contributed by atoms with E-state index in [1.165, 1.54) is 0 Å². The molecule has 0 aliphatic rings. The molecule has 6 nitrogen and oxygen atoms in total. The van der Waals surface area contributed by atoms with Crippen molar-refractivity contribution in [1.82, 2.24) is 5.32 Å². The van der Waals surface area contributed by atoms with Gasteiger partial charge in [0.05, 0.1) is 6.61 Å². The third kappa shape index (κ3) is 59.4. The molecule has 0 saturated heterocycles. The molecule has 0 unspecified atom stereocenters. The summed E-state index contributed by atoms with van der Waals surface area (Å²) in [5, 5.41) is 1.70. The molecule has 0 heterocycles. The first-order chi connectivity index (χ1) is 8.92. The second kappa shape index (κ2) is 22.3. The zero-order chi connectivity index (χ0) is 15.5. The molecule has 19 heavy (non-hydrogen) atoms. The van der Waals surface area contributed by atoms with Crippen molar-refractivity contribution in [2.24, 2.45) is 5.73 Å². The van der Waals surface area contributed by atoms with Crippen molar-refractivity contribution in [2.75, 3.05) is 13.2 Å². The molecule has 0 aromatic rings. The number of rotatable bonds is 7. The molecule has 0 rings (SSSR count). The topological polar surface area (TPSA) is 98.5 Å². The number of hydrogen-bond donors (Lipinski definition) is 4.